The normalized spacial score (nSPS) is 10.5. The monoisotopic (exact) mass is 350 g/mol. The molecule has 1 aromatic heterocycles. The van der Waals surface area contributed by atoms with Crippen LogP contribution >= 0.6 is 0 Å². The molecule has 0 aliphatic carbocycles. The largest absolute Gasteiger partial charge is 0.493 e. The van der Waals surface area contributed by atoms with Gasteiger partial charge in [-0.25, -0.2) is 0 Å². The predicted molar refractivity (Wildman–Crippen MR) is 102 cm³/mol. The second kappa shape index (κ2) is 8.34. The minimum atomic E-state index is 0.0341. The molecule has 0 radical (unpaired) electrons. The lowest BCUT2D eigenvalue weighted by Gasteiger charge is -2.18. The van der Waals surface area contributed by atoms with Crippen molar-refractivity contribution < 1.29 is 14.3 Å². The van der Waals surface area contributed by atoms with E-state index < -0.39 is 0 Å². The Labute approximate surface area is 153 Å². The summed E-state index contributed by atoms with van der Waals surface area (Å²) in [5, 5.41) is 1.04. The summed E-state index contributed by atoms with van der Waals surface area (Å²) in [7, 11) is 3.39. The fraction of sp³-hybridized carbons (Fsp3) is 0.238. The second-order valence-electron chi connectivity index (χ2n) is 5.98. The second-order valence-corrected chi connectivity index (χ2v) is 5.98. The molecule has 1 heterocycles. The smallest absolute Gasteiger partial charge is 0.226 e. The van der Waals surface area contributed by atoms with Gasteiger partial charge in [-0.2, -0.15) is 0 Å². The molecule has 26 heavy (non-hydrogen) atoms. The van der Waals surface area contributed by atoms with Crippen molar-refractivity contribution >= 4 is 16.8 Å². The van der Waals surface area contributed by atoms with Gasteiger partial charge in [0.25, 0.3) is 0 Å². The van der Waals surface area contributed by atoms with Crippen LogP contribution in [-0.2, 0) is 11.2 Å². The zero-order valence-electron chi connectivity index (χ0n) is 15.0. The van der Waals surface area contributed by atoms with Crippen molar-refractivity contribution in [2.24, 2.45) is 0 Å². The van der Waals surface area contributed by atoms with Crippen LogP contribution in [0.15, 0.2) is 60.8 Å². The maximum absolute atomic E-state index is 12.5. The Morgan fingerprint density at radius 3 is 2.62 bits per heavy atom. The zero-order chi connectivity index (χ0) is 18.4. The van der Waals surface area contributed by atoms with Crippen LogP contribution < -0.4 is 9.47 Å². The number of likely N-dealkylation sites (N-methyl/N-ethyl adjacent to an activating group) is 1. The van der Waals surface area contributed by atoms with Crippen molar-refractivity contribution in [3.8, 4) is 11.5 Å². The number of aromatic nitrogens is 1. The molecule has 134 valence electrons. The molecule has 0 aliphatic rings. The Morgan fingerprint density at radius 2 is 1.81 bits per heavy atom. The molecular weight excluding hydrogens is 328 g/mol. The topological polar surface area (TPSA) is 51.7 Å². The van der Waals surface area contributed by atoms with Crippen molar-refractivity contribution in [3.05, 3.63) is 66.4 Å². The molecule has 0 saturated heterocycles. The summed E-state index contributed by atoms with van der Waals surface area (Å²) in [6, 6.07) is 17.3. The van der Waals surface area contributed by atoms with Gasteiger partial charge in [0.15, 0.2) is 11.5 Å². The number of rotatable bonds is 7. The molecule has 0 fully saturated rings. The highest BCUT2D eigenvalue weighted by atomic mass is 16.5. The molecule has 0 N–H and O–H groups in total. The average Bonchev–Trinajstić information content (AvgIpc) is 2.68. The van der Waals surface area contributed by atoms with Gasteiger partial charge >= 0.3 is 0 Å². The molecular formula is C21H22N2O3. The summed E-state index contributed by atoms with van der Waals surface area (Å²) in [6.45, 7) is 0.894. The minimum Gasteiger partial charge on any atom is -0.493 e. The molecule has 0 unspecified atom stereocenters. The van der Waals surface area contributed by atoms with E-state index in [9.17, 15) is 4.79 Å². The molecule has 3 rings (SSSR count). The molecule has 1 amide bonds. The first kappa shape index (κ1) is 17.7. The van der Waals surface area contributed by atoms with Gasteiger partial charge in [0.1, 0.15) is 6.61 Å². The van der Waals surface area contributed by atoms with Crippen LogP contribution in [0.1, 0.15) is 5.56 Å². The summed E-state index contributed by atoms with van der Waals surface area (Å²) in [4.78, 5) is 18.6. The highest BCUT2D eigenvalue weighted by molar-refractivity contribution is 5.87. The van der Waals surface area contributed by atoms with Gasteiger partial charge in [-0.15, -0.1) is 0 Å². The van der Waals surface area contributed by atoms with Crippen LogP contribution in [0.2, 0.25) is 0 Å². The Morgan fingerprint density at radius 1 is 1.04 bits per heavy atom. The Bertz CT molecular complexity index is 890. The third-order valence-corrected chi connectivity index (χ3v) is 4.24. The van der Waals surface area contributed by atoms with Gasteiger partial charge in [-0.05, 0) is 23.8 Å². The molecule has 5 heteroatoms. The lowest BCUT2D eigenvalue weighted by atomic mass is 10.1. The summed E-state index contributed by atoms with van der Waals surface area (Å²) < 4.78 is 11.0. The van der Waals surface area contributed by atoms with Gasteiger partial charge < -0.3 is 14.4 Å². The Hall–Kier alpha value is -3.08. The highest BCUT2D eigenvalue weighted by Gasteiger charge is 2.12. The van der Waals surface area contributed by atoms with Crippen LogP contribution in [0.3, 0.4) is 0 Å². The summed E-state index contributed by atoms with van der Waals surface area (Å²) in [6.07, 6.45) is 2.07. The van der Waals surface area contributed by atoms with E-state index in [0.717, 1.165) is 16.5 Å². The maximum atomic E-state index is 12.5. The first-order chi connectivity index (χ1) is 12.7. The number of benzene rings is 2. The third-order valence-electron chi connectivity index (χ3n) is 4.24. The number of carbonyl (C=O) groups excluding carboxylic acids is 1. The molecule has 2 aromatic carbocycles. The van der Waals surface area contributed by atoms with Crippen molar-refractivity contribution in [1.29, 1.82) is 0 Å². The summed E-state index contributed by atoms with van der Waals surface area (Å²) in [5.41, 5.74) is 1.81. The SMILES string of the molecule is COc1ccccc1OCCN(C)C(=O)Cc1cccc2cccnc12. The quantitative estimate of drug-likeness (QED) is 0.656. The number of methoxy groups -OCH3 is 1. The first-order valence-corrected chi connectivity index (χ1v) is 8.51. The number of pyridine rings is 1. The average molecular weight is 350 g/mol. The van der Waals surface area contributed by atoms with Crippen molar-refractivity contribution in [3.63, 3.8) is 0 Å². The fourth-order valence-electron chi connectivity index (χ4n) is 2.76. The number of ether oxygens (including phenoxy) is 2. The van der Waals surface area contributed by atoms with Crippen LogP contribution in [0, 0.1) is 0 Å². The standard InChI is InChI=1S/C21H22N2O3/c1-23(13-14-26-19-11-4-3-10-18(19)25-2)20(24)15-17-8-5-7-16-9-6-12-22-21(16)17/h3-12H,13-15H2,1-2H3. The molecule has 5 nitrogen and oxygen atoms in total. The van der Waals surface area contributed by atoms with E-state index in [1.165, 1.54) is 0 Å². The Kier molecular flexibility index (Phi) is 5.69. The number of amides is 1. The first-order valence-electron chi connectivity index (χ1n) is 8.51. The predicted octanol–water partition coefficient (Wildman–Crippen LogP) is 3.32. The van der Waals surface area contributed by atoms with Crippen LogP contribution in [0.5, 0.6) is 11.5 Å². The molecule has 0 aliphatic heterocycles. The zero-order valence-corrected chi connectivity index (χ0v) is 15.0. The fourth-order valence-corrected chi connectivity index (χ4v) is 2.76. The van der Waals surface area contributed by atoms with Crippen LogP contribution in [0.4, 0.5) is 0 Å². The van der Waals surface area contributed by atoms with Gasteiger partial charge in [0, 0.05) is 18.6 Å². The van der Waals surface area contributed by atoms with Crippen LogP contribution in [0.25, 0.3) is 10.9 Å². The van der Waals surface area contributed by atoms with E-state index in [4.69, 9.17) is 9.47 Å². The van der Waals surface area contributed by atoms with E-state index in [2.05, 4.69) is 4.98 Å². The number of para-hydroxylation sites is 3. The maximum Gasteiger partial charge on any atom is 0.226 e. The van der Waals surface area contributed by atoms with Gasteiger partial charge in [-0.3, -0.25) is 9.78 Å². The van der Waals surface area contributed by atoms with E-state index >= 15 is 0 Å². The molecule has 3 aromatic rings. The van der Waals surface area contributed by atoms with E-state index in [1.54, 1.807) is 25.3 Å². The Balaban J connectivity index is 1.58. The lowest BCUT2D eigenvalue weighted by molar-refractivity contribution is -0.129. The summed E-state index contributed by atoms with van der Waals surface area (Å²) in [5.74, 6) is 1.39. The molecule has 0 saturated carbocycles. The van der Waals surface area contributed by atoms with Gasteiger partial charge in [0.05, 0.1) is 25.6 Å². The van der Waals surface area contributed by atoms with E-state index in [0.29, 0.717) is 31.1 Å². The van der Waals surface area contributed by atoms with E-state index in [-0.39, 0.29) is 5.91 Å². The van der Waals surface area contributed by atoms with Crippen molar-refractivity contribution in [2.45, 2.75) is 6.42 Å². The molecule has 0 spiro atoms. The summed E-state index contributed by atoms with van der Waals surface area (Å²) >= 11 is 0. The highest BCUT2D eigenvalue weighted by Crippen LogP contribution is 2.25. The number of carbonyl (C=O) groups is 1. The van der Waals surface area contributed by atoms with Crippen LogP contribution in [-0.4, -0.2) is 43.1 Å². The molecule has 0 bridgehead atoms. The number of nitrogens with zero attached hydrogens (tertiary/aromatic N) is 2. The van der Waals surface area contributed by atoms with Crippen molar-refractivity contribution in [1.82, 2.24) is 9.88 Å². The number of hydrogen-bond acceptors (Lipinski definition) is 4. The lowest BCUT2D eigenvalue weighted by Crippen LogP contribution is -2.32. The van der Waals surface area contributed by atoms with E-state index in [1.807, 2.05) is 54.6 Å². The number of hydrogen-bond donors (Lipinski definition) is 0. The van der Waals surface area contributed by atoms with Gasteiger partial charge in [0.2, 0.25) is 5.91 Å². The van der Waals surface area contributed by atoms with Gasteiger partial charge in [-0.1, -0.05) is 36.4 Å². The number of fused-ring (bicyclic) bond motifs is 1. The third kappa shape index (κ3) is 4.11. The molecule has 0 atom stereocenters. The minimum absolute atomic E-state index is 0.0341. The van der Waals surface area contributed by atoms with Crippen molar-refractivity contribution in [2.75, 3.05) is 27.3 Å².